The Labute approximate surface area is 222 Å². The third-order valence-corrected chi connectivity index (χ3v) is 7.41. The van der Waals surface area contributed by atoms with Gasteiger partial charge in [-0.1, -0.05) is 60.7 Å². The average molecular weight is 534 g/mol. The maximum absolute atomic E-state index is 13.3. The van der Waals surface area contributed by atoms with Gasteiger partial charge in [0.05, 0.1) is 22.7 Å². The van der Waals surface area contributed by atoms with E-state index in [9.17, 15) is 14.4 Å². The second-order valence-electron chi connectivity index (χ2n) is 9.23. The van der Waals surface area contributed by atoms with Gasteiger partial charge in [0.2, 0.25) is 5.91 Å². The molecule has 3 rings (SSSR count). The SMILES string of the molecule is COC(=O)[C@H](Cc1ccc(NC(=O)c2c(Cl)cccc2Cl)cc1)NC(=O)C1(CCCCN)CCCC1. The van der Waals surface area contributed by atoms with Gasteiger partial charge >= 0.3 is 5.97 Å². The number of hydrogen-bond donors (Lipinski definition) is 3. The van der Waals surface area contributed by atoms with Crippen LogP contribution in [-0.2, 0) is 20.7 Å². The zero-order valence-electron chi connectivity index (χ0n) is 20.4. The Hall–Kier alpha value is -2.61. The molecule has 0 aliphatic heterocycles. The molecule has 1 aliphatic carbocycles. The quantitative estimate of drug-likeness (QED) is 0.273. The van der Waals surface area contributed by atoms with Gasteiger partial charge in [0.15, 0.2) is 0 Å². The highest BCUT2D eigenvalue weighted by molar-refractivity contribution is 6.40. The average Bonchev–Trinajstić information content (AvgIpc) is 3.34. The highest BCUT2D eigenvalue weighted by Gasteiger charge is 2.41. The van der Waals surface area contributed by atoms with Gasteiger partial charge in [0, 0.05) is 17.5 Å². The van der Waals surface area contributed by atoms with E-state index in [1.54, 1.807) is 42.5 Å². The molecule has 4 N–H and O–H groups in total. The molecular formula is C27H33Cl2N3O4. The number of esters is 1. The molecule has 0 bridgehead atoms. The lowest BCUT2D eigenvalue weighted by molar-refractivity contribution is -0.146. The Morgan fingerprint density at radius 2 is 1.67 bits per heavy atom. The van der Waals surface area contributed by atoms with E-state index in [4.69, 9.17) is 33.7 Å². The minimum Gasteiger partial charge on any atom is -0.467 e. The smallest absolute Gasteiger partial charge is 0.328 e. The van der Waals surface area contributed by atoms with E-state index in [2.05, 4.69) is 10.6 Å². The van der Waals surface area contributed by atoms with E-state index in [0.29, 0.717) is 12.2 Å². The summed E-state index contributed by atoms with van der Waals surface area (Å²) in [7, 11) is 1.31. The molecular weight excluding hydrogens is 501 g/mol. The van der Waals surface area contributed by atoms with Crippen molar-refractivity contribution in [3.63, 3.8) is 0 Å². The molecule has 2 aromatic rings. The molecule has 9 heteroatoms. The number of rotatable bonds is 11. The first-order chi connectivity index (χ1) is 17.3. The molecule has 0 spiro atoms. The normalized spacial score (nSPS) is 15.2. The molecule has 1 fully saturated rings. The summed E-state index contributed by atoms with van der Waals surface area (Å²) in [5.74, 6) is -1.01. The first kappa shape index (κ1) is 28.0. The predicted molar refractivity (Wildman–Crippen MR) is 142 cm³/mol. The molecule has 0 heterocycles. The number of anilines is 1. The number of amides is 2. The van der Waals surface area contributed by atoms with Crippen LogP contribution in [0.3, 0.4) is 0 Å². The number of carbonyl (C=O) groups excluding carboxylic acids is 3. The third-order valence-electron chi connectivity index (χ3n) is 6.78. The zero-order valence-corrected chi connectivity index (χ0v) is 22.0. The van der Waals surface area contributed by atoms with E-state index in [-0.39, 0.29) is 27.9 Å². The van der Waals surface area contributed by atoms with Gasteiger partial charge in [-0.25, -0.2) is 4.79 Å². The van der Waals surface area contributed by atoms with Gasteiger partial charge in [-0.2, -0.15) is 0 Å². The lowest BCUT2D eigenvalue weighted by Crippen LogP contribution is -2.49. The number of nitrogens with one attached hydrogen (secondary N) is 2. The van der Waals surface area contributed by atoms with Crippen LogP contribution in [0.1, 0.15) is 60.9 Å². The van der Waals surface area contributed by atoms with E-state index in [1.165, 1.54) is 7.11 Å². The largest absolute Gasteiger partial charge is 0.467 e. The number of nitrogens with two attached hydrogens (primary N) is 1. The van der Waals surface area contributed by atoms with Crippen LogP contribution < -0.4 is 16.4 Å². The van der Waals surface area contributed by atoms with E-state index >= 15 is 0 Å². The van der Waals surface area contributed by atoms with Crippen molar-refractivity contribution in [2.24, 2.45) is 11.1 Å². The highest BCUT2D eigenvalue weighted by Crippen LogP contribution is 2.42. The number of methoxy groups -OCH3 is 1. The first-order valence-electron chi connectivity index (χ1n) is 12.2. The van der Waals surface area contributed by atoms with Crippen LogP contribution in [0, 0.1) is 5.41 Å². The Kier molecular flexibility index (Phi) is 10.2. The summed E-state index contributed by atoms with van der Waals surface area (Å²) in [6.07, 6.45) is 6.45. The summed E-state index contributed by atoms with van der Waals surface area (Å²) in [5, 5.41) is 6.26. The summed E-state index contributed by atoms with van der Waals surface area (Å²) in [4.78, 5) is 38.5. The van der Waals surface area contributed by atoms with Crippen molar-refractivity contribution in [3.05, 3.63) is 63.6 Å². The minimum absolute atomic E-state index is 0.0899. The number of ether oxygens (including phenoxy) is 1. The van der Waals surface area contributed by atoms with Gasteiger partial charge in [0.25, 0.3) is 5.91 Å². The van der Waals surface area contributed by atoms with Crippen molar-refractivity contribution in [2.45, 2.75) is 57.4 Å². The molecule has 1 atom stereocenters. The lowest BCUT2D eigenvalue weighted by Gasteiger charge is -2.30. The number of unbranched alkanes of at least 4 members (excludes halogenated alkanes) is 1. The molecule has 1 aliphatic rings. The van der Waals surface area contributed by atoms with E-state index in [0.717, 1.165) is 50.5 Å². The van der Waals surface area contributed by atoms with Crippen molar-refractivity contribution in [1.82, 2.24) is 5.32 Å². The van der Waals surface area contributed by atoms with Crippen LogP contribution in [0.4, 0.5) is 5.69 Å². The summed E-state index contributed by atoms with van der Waals surface area (Å²) >= 11 is 12.2. The van der Waals surface area contributed by atoms with Crippen molar-refractivity contribution in [2.75, 3.05) is 19.0 Å². The molecule has 0 aromatic heterocycles. The van der Waals surface area contributed by atoms with Gasteiger partial charge < -0.3 is 21.1 Å². The summed E-state index contributed by atoms with van der Waals surface area (Å²) in [6, 6.07) is 11.1. The van der Waals surface area contributed by atoms with Crippen LogP contribution in [0.25, 0.3) is 0 Å². The first-order valence-corrected chi connectivity index (χ1v) is 13.0. The standard InChI is InChI=1S/C27H33Cl2N3O4/c1-36-25(34)22(32-26(35)27(13-2-3-14-27)15-4-5-16-30)17-18-9-11-19(12-10-18)31-24(33)23-20(28)7-6-8-21(23)29/h6-12,22H,2-5,13-17,30H2,1H3,(H,31,33)(H,32,35)/t22-/m0/s1. The van der Waals surface area contributed by atoms with Crippen LogP contribution in [0.5, 0.6) is 0 Å². The fraction of sp³-hybridized carbons (Fsp3) is 0.444. The van der Waals surface area contributed by atoms with E-state index in [1.807, 2.05) is 0 Å². The summed E-state index contributed by atoms with van der Waals surface area (Å²) in [6.45, 7) is 0.602. The van der Waals surface area contributed by atoms with Crippen molar-refractivity contribution in [1.29, 1.82) is 0 Å². The molecule has 2 aromatic carbocycles. The van der Waals surface area contributed by atoms with Crippen LogP contribution in [0.15, 0.2) is 42.5 Å². The fourth-order valence-corrected chi connectivity index (χ4v) is 5.33. The van der Waals surface area contributed by atoms with Gasteiger partial charge in [-0.15, -0.1) is 0 Å². The van der Waals surface area contributed by atoms with Crippen LogP contribution in [-0.4, -0.2) is 37.5 Å². The van der Waals surface area contributed by atoms with Gasteiger partial charge in [0.1, 0.15) is 6.04 Å². The fourth-order valence-electron chi connectivity index (χ4n) is 4.77. The van der Waals surface area contributed by atoms with Gasteiger partial charge in [-0.05, 0) is 62.1 Å². The molecule has 0 unspecified atom stereocenters. The molecule has 194 valence electrons. The van der Waals surface area contributed by atoms with Crippen molar-refractivity contribution < 1.29 is 19.1 Å². The molecule has 36 heavy (non-hydrogen) atoms. The Morgan fingerprint density at radius 1 is 1.03 bits per heavy atom. The monoisotopic (exact) mass is 533 g/mol. The minimum atomic E-state index is -0.808. The lowest BCUT2D eigenvalue weighted by atomic mass is 9.79. The number of carbonyl (C=O) groups is 3. The van der Waals surface area contributed by atoms with Crippen molar-refractivity contribution >= 4 is 46.7 Å². The van der Waals surface area contributed by atoms with Crippen LogP contribution >= 0.6 is 23.2 Å². The molecule has 2 amide bonds. The van der Waals surface area contributed by atoms with Crippen LogP contribution in [0.2, 0.25) is 10.0 Å². The Balaban J connectivity index is 1.67. The topological polar surface area (TPSA) is 111 Å². The predicted octanol–water partition coefficient (Wildman–Crippen LogP) is 5.14. The molecule has 1 saturated carbocycles. The maximum atomic E-state index is 13.3. The second-order valence-corrected chi connectivity index (χ2v) is 10.0. The maximum Gasteiger partial charge on any atom is 0.328 e. The Morgan fingerprint density at radius 3 is 2.25 bits per heavy atom. The Bertz CT molecular complexity index is 1050. The number of benzene rings is 2. The molecule has 0 radical (unpaired) electrons. The van der Waals surface area contributed by atoms with E-state index < -0.39 is 23.3 Å². The van der Waals surface area contributed by atoms with Crippen molar-refractivity contribution in [3.8, 4) is 0 Å². The number of hydrogen-bond acceptors (Lipinski definition) is 5. The molecule has 0 saturated heterocycles. The molecule has 7 nitrogen and oxygen atoms in total. The number of halogens is 2. The zero-order chi connectivity index (χ0) is 26.1. The highest BCUT2D eigenvalue weighted by atomic mass is 35.5. The summed E-state index contributed by atoms with van der Waals surface area (Å²) < 4.78 is 4.98. The second kappa shape index (κ2) is 13.1. The van der Waals surface area contributed by atoms with Gasteiger partial charge in [-0.3, -0.25) is 9.59 Å². The summed E-state index contributed by atoms with van der Waals surface area (Å²) in [5.41, 5.74) is 6.74. The third kappa shape index (κ3) is 6.99.